The van der Waals surface area contributed by atoms with E-state index >= 15 is 0 Å². The van der Waals surface area contributed by atoms with Crippen LogP contribution in [-0.2, 0) is 10.8 Å². The second kappa shape index (κ2) is 5.14. The maximum atomic E-state index is 10.5. The summed E-state index contributed by atoms with van der Waals surface area (Å²) in [7, 11) is 0. The number of hydrogen-bond donors (Lipinski definition) is 3. The number of phenols is 1. The highest BCUT2D eigenvalue weighted by Gasteiger charge is 2.27. The number of aliphatic hydroxyl groups excluding tert-OH is 2. The van der Waals surface area contributed by atoms with Crippen LogP contribution in [0.2, 0.25) is 0 Å². The highest BCUT2D eigenvalue weighted by atomic mass is 16.3. The van der Waals surface area contributed by atoms with E-state index in [9.17, 15) is 10.2 Å². The van der Waals surface area contributed by atoms with Crippen LogP contribution < -0.4 is 0 Å². The summed E-state index contributed by atoms with van der Waals surface area (Å²) < 4.78 is 0. The van der Waals surface area contributed by atoms with Crippen LogP contribution in [-0.4, -0.2) is 21.9 Å². The Morgan fingerprint density at radius 2 is 1.32 bits per heavy atom. The van der Waals surface area contributed by atoms with Crippen molar-refractivity contribution >= 4 is 0 Å². The smallest absolute Gasteiger partial charge is 0.123 e. The van der Waals surface area contributed by atoms with Gasteiger partial charge in [-0.05, 0) is 39.7 Å². The normalized spacial score (nSPS) is 14.5. The molecule has 0 radical (unpaired) electrons. The SMILES string of the molecule is CC(C)(C)c1cc(C(O)CO)cc(C(C)(C)C)c1O. The fraction of sp³-hybridized carbons (Fsp3) is 0.625. The fourth-order valence-electron chi connectivity index (χ4n) is 2.10. The molecule has 0 aliphatic rings. The minimum atomic E-state index is -0.914. The summed E-state index contributed by atoms with van der Waals surface area (Å²) in [6, 6.07) is 3.57. The lowest BCUT2D eigenvalue weighted by Crippen LogP contribution is -2.19. The lowest BCUT2D eigenvalue weighted by molar-refractivity contribution is 0.0953. The highest BCUT2D eigenvalue weighted by Crippen LogP contribution is 2.40. The van der Waals surface area contributed by atoms with Crippen LogP contribution in [0, 0.1) is 0 Å². The van der Waals surface area contributed by atoms with Crippen molar-refractivity contribution < 1.29 is 15.3 Å². The van der Waals surface area contributed by atoms with Gasteiger partial charge in [0, 0.05) is 0 Å². The van der Waals surface area contributed by atoms with Crippen molar-refractivity contribution in [1.82, 2.24) is 0 Å². The molecule has 0 aliphatic carbocycles. The van der Waals surface area contributed by atoms with E-state index < -0.39 is 6.10 Å². The first-order chi connectivity index (χ1) is 8.48. The molecule has 1 rings (SSSR count). The van der Waals surface area contributed by atoms with Crippen molar-refractivity contribution in [3.05, 3.63) is 28.8 Å². The van der Waals surface area contributed by atoms with Gasteiger partial charge in [-0.1, -0.05) is 41.5 Å². The van der Waals surface area contributed by atoms with Gasteiger partial charge in [0.25, 0.3) is 0 Å². The van der Waals surface area contributed by atoms with Crippen molar-refractivity contribution in [1.29, 1.82) is 0 Å². The molecule has 0 bridgehead atoms. The first-order valence-electron chi connectivity index (χ1n) is 6.65. The van der Waals surface area contributed by atoms with Gasteiger partial charge in [0.2, 0.25) is 0 Å². The zero-order valence-electron chi connectivity index (χ0n) is 12.8. The molecule has 1 atom stereocenters. The Labute approximate surface area is 115 Å². The number of rotatable bonds is 2. The molecule has 0 fully saturated rings. The zero-order chi connectivity index (χ0) is 15.0. The van der Waals surface area contributed by atoms with Crippen LogP contribution in [0.4, 0.5) is 0 Å². The highest BCUT2D eigenvalue weighted by molar-refractivity contribution is 5.50. The van der Waals surface area contributed by atoms with Crippen molar-refractivity contribution in [3.8, 4) is 5.75 Å². The van der Waals surface area contributed by atoms with Crippen LogP contribution in [0.3, 0.4) is 0 Å². The molecule has 108 valence electrons. The number of aliphatic hydroxyl groups is 2. The molecule has 0 saturated carbocycles. The van der Waals surface area contributed by atoms with Gasteiger partial charge in [-0.15, -0.1) is 0 Å². The third-order valence-corrected chi connectivity index (χ3v) is 3.31. The quantitative estimate of drug-likeness (QED) is 0.771. The largest absolute Gasteiger partial charge is 0.507 e. The third-order valence-electron chi connectivity index (χ3n) is 3.31. The Balaban J connectivity index is 3.57. The maximum Gasteiger partial charge on any atom is 0.123 e. The van der Waals surface area contributed by atoms with Crippen molar-refractivity contribution in [2.75, 3.05) is 6.61 Å². The van der Waals surface area contributed by atoms with E-state index in [-0.39, 0.29) is 23.2 Å². The monoisotopic (exact) mass is 266 g/mol. The Kier molecular flexibility index (Phi) is 4.33. The summed E-state index contributed by atoms with van der Waals surface area (Å²) in [5.41, 5.74) is 1.78. The predicted octanol–water partition coefficient (Wildman–Crippen LogP) is 3.01. The molecule has 3 N–H and O–H groups in total. The van der Waals surface area contributed by atoms with Gasteiger partial charge in [0.15, 0.2) is 0 Å². The van der Waals surface area contributed by atoms with Crippen LogP contribution in [0.25, 0.3) is 0 Å². The average Bonchev–Trinajstić information content (AvgIpc) is 2.25. The van der Waals surface area contributed by atoms with Crippen LogP contribution in [0.1, 0.15) is 64.3 Å². The van der Waals surface area contributed by atoms with E-state index in [4.69, 9.17) is 5.11 Å². The number of hydrogen-bond acceptors (Lipinski definition) is 3. The van der Waals surface area contributed by atoms with Gasteiger partial charge in [-0.3, -0.25) is 0 Å². The Bertz CT molecular complexity index is 415. The molecule has 19 heavy (non-hydrogen) atoms. The topological polar surface area (TPSA) is 60.7 Å². The third kappa shape index (κ3) is 3.48. The Morgan fingerprint density at radius 3 is 1.58 bits per heavy atom. The summed E-state index contributed by atoms with van der Waals surface area (Å²) in [6.45, 7) is 11.8. The molecule has 1 unspecified atom stereocenters. The molecule has 0 spiro atoms. The van der Waals surface area contributed by atoms with Gasteiger partial charge in [0.1, 0.15) is 11.9 Å². The van der Waals surface area contributed by atoms with E-state index in [2.05, 4.69) is 0 Å². The van der Waals surface area contributed by atoms with E-state index in [0.717, 1.165) is 11.1 Å². The summed E-state index contributed by atoms with van der Waals surface area (Å²) in [5.74, 6) is 0.286. The fourth-order valence-corrected chi connectivity index (χ4v) is 2.10. The molecule has 1 aromatic rings. The number of aromatic hydroxyl groups is 1. The zero-order valence-corrected chi connectivity index (χ0v) is 12.8. The number of benzene rings is 1. The minimum Gasteiger partial charge on any atom is -0.507 e. The van der Waals surface area contributed by atoms with Crippen LogP contribution in [0.15, 0.2) is 12.1 Å². The first-order valence-corrected chi connectivity index (χ1v) is 6.65. The van der Waals surface area contributed by atoms with Gasteiger partial charge in [-0.2, -0.15) is 0 Å². The van der Waals surface area contributed by atoms with Gasteiger partial charge >= 0.3 is 0 Å². The lowest BCUT2D eigenvalue weighted by Gasteiger charge is -2.28. The van der Waals surface area contributed by atoms with Crippen molar-refractivity contribution in [3.63, 3.8) is 0 Å². The lowest BCUT2D eigenvalue weighted by atomic mass is 9.78. The van der Waals surface area contributed by atoms with Gasteiger partial charge < -0.3 is 15.3 Å². The van der Waals surface area contributed by atoms with E-state index in [1.54, 1.807) is 12.1 Å². The summed E-state index contributed by atoms with van der Waals surface area (Å²) in [4.78, 5) is 0. The second-order valence-electron chi connectivity index (χ2n) is 7.16. The number of phenolic OH excluding ortho intramolecular Hbond substituents is 1. The predicted molar refractivity (Wildman–Crippen MR) is 77.6 cm³/mol. The molecular weight excluding hydrogens is 240 g/mol. The van der Waals surface area contributed by atoms with Crippen molar-refractivity contribution in [2.24, 2.45) is 0 Å². The minimum absolute atomic E-state index is 0.227. The van der Waals surface area contributed by atoms with Gasteiger partial charge in [-0.25, -0.2) is 0 Å². The molecular formula is C16H26O3. The molecule has 0 aliphatic heterocycles. The first kappa shape index (κ1) is 16.0. The summed E-state index contributed by atoms with van der Waals surface area (Å²) >= 11 is 0. The van der Waals surface area contributed by atoms with E-state index in [1.165, 1.54) is 0 Å². The molecule has 3 heteroatoms. The maximum absolute atomic E-state index is 10.5. The Morgan fingerprint density at radius 1 is 0.947 bits per heavy atom. The Hall–Kier alpha value is -1.06. The second-order valence-corrected chi connectivity index (χ2v) is 7.16. The van der Waals surface area contributed by atoms with Crippen LogP contribution in [0.5, 0.6) is 5.75 Å². The molecule has 0 amide bonds. The molecule has 0 saturated heterocycles. The molecule has 3 nitrogen and oxygen atoms in total. The summed E-state index contributed by atoms with van der Waals surface area (Å²) in [6.07, 6.45) is -0.914. The van der Waals surface area contributed by atoms with E-state index in [0.29, 0.717) is 5.56 Å². The van der Waals surface area contributed by atoms with Crippen molar-refractivity contribution in [2.45, 2.75) is 58.5 Å². The standard InChI is InChI=1S/C16H26O3/c1-15(2,3)11-7-10(13(18)9-17)8-12(14(11)19)16(4,5)6/h7-8,13,17-19H,9H2,1-6H3. The average molecular weight is 266 g/mol. The van der Waals surface area contributed by atoms with Crippen LogP contribution >= 0.6 is 0 Å². The summed E-state index contributed by atoms with van der Waals surface area (Å²) in [5, 5.41) is 29.5. The van der Waals surface area contributed by atoms with E-state index in [1.807, 2.05) is 41.5 Å². The molecule has 1 aromatic carbocycles. The molecule has 0 heterocycles. The van der Waals surface area contributed by atoms with Gasteiger partial charge in [0.05, 0.1) is 6.61 Å². The molecule has 0 aromatic heterocycles.